The average Bonchev–Trinajstić information content (AvgIpc) is 1.62. The minimum Gasteiger partial charge on any atom is -0.466 e. The number of rotatable bonds is 0. The second-order valence-corrected chi connectivity index (χ2v) is 27.5. The smallest absolute Gasteiger partial charge is 0.312 e. The summed E-state index contributed by atoms with van der Waals surface area (Å²) in [7, 11) is 0. The first-order valence-electron chi connectivity index (χ1n) is 41.6. The molecule has 0 N–H and O–H groups in total. The fraction of sp³-hybridized carbons (Fsp3) is 0.890. The largest absolute Gasteiger partial charge is 0.466 e. The van der Waals surface area contributed by atoms with Crippen LogP contribution in [0.1, 0.15) is 311 Å². The zero-order valence-electron chi connectivity index (χ0n) is 66.3. The van der Waals surface area contributed by atoms with E-state index in [1.54, 1.807) is 0 Å². The Hall–Kier alpha value is -4.81. The summed E-state index contributed by atoms with van der Waals surface area (Å²) >= 11 is 0. The summed E-state index contributed by atoms with van der Waals surface area (Å²) < 4.78 is 50.3. The van der Waals surface area contributed by atoms with Crippen molar-refractivity contribution in [3.05, 3.63) is 0 Å². The van der Waals surface area contributed by atoms with Gasteiger partial charge in [0.05, 0.1) is 74.0 Å². The Morgan fingerprint density at radius 3 is 1.27 bits per heavy atom. The molecule has 12 saturated heterocycles. The molecule has 19 nitrogen and oxygen atoms in total. The van der Waals surface area contributed by atoms with E-state index in [0.717, 1.165) is 134 Å². The third kappa shape index (κ3) is 25.2. The Morgan fingerprint density at radius 1 is 0.277 bits per heavy atom. The van der Waals surface area contributed by atoms with E-state index < -0.39 is 0 Å². The molecule has 0 radical (unpaired) electrons. The average molecular weight is 1430 g/mol. The van der Waals surface area contributed by atoms with E-state index >= 15 is 0 Å². The summed E-state index contributed by atoms with van der Waals surface area (Å²) in [6.45, 7) is 38.7. The Bertz CT molecular complexity index is 2340. The molecule has 0 aromatic carbocycles. The third-order valence-corrected chi connectivity index (χ3v) is 22.4. The van der Waals surface area contributed by atoms with Crippen LogP contribution in [-0.2, 0) is 90.5 Å². The van der Waals surface area contributed by atoms with Gasteiger partial charge in [0.2, 0.25) is 0 Å². The summed E-state index contributed by atoms with van der Waals surface area (Å²) in [5, 5.41) is 0. The number of fused-ring (bicyclic) bond motifs is 14. The molecule has 10 aliphatic carbocycles. The van der Waals surface area contributed by atoms with E-state index in [2.05, 4.69) is 9.47 Å². The Kier molecular flexibility index (Phi) is 43.9. The first kappa shape index (κ1) is 90.4. The molecule has 22 rings (SSSR count). The molecule has 10 saturated carbocycles. The van der Waals surface area contributed by atoms with Gasteiger partial charge in [0.1, 0.15) is 36.6 Å². The van der Waals surface area contributed by atoms with Gasteiger partial charge in [-0.25, -0.2) is 0 Å². The van der Waals surface area contributed by atoms with Gasteiger partial charge in [-0.05, 0) is 178 Å². The number of carbonyl (C=O) groups excluding carboxylic acids is 9. The number of hydrogen-bond acceptors (Lipinski definition) is 19. The molecule has 0 amide bonds. The van der Waals surface area contributed by atoms with E-state index in [1.165, 1.54) is 64.2 Å². The van der Waals surface area contributed by atoms with E-state index in [4.69, 9.17) is 37.9 Å². The molecule has 22 aliphatic rings. The van der Waals surface area contributed by atoms with Gasteiger partial charge in [0.15, 0.2) is 0 Å². The van der Waals surface area contributed by atoms with Gasteiger partial charge in [-0.2, -0.15) is 0 Å². The molecule has 12 aliphatic heterocycles. The molecule has 101 heavy (non-hydrogen) atoms. The molecule has 22 fully saturated rings. The lowest BCUT2D eigenvalue weighted by atomic mass is 9.65. The van der Waals surface area contributed by atoms with Crippen molar-refractivity contribution in [2.45, 2.75) is 354 Å². The fourth-order valence-corrected chi connectivity index (χ4v) is 18.1. The van der Waals surface area contributed by atoms with Crippen molar-refractivity contribution in [3.63, 3.8) is 0 Å². The highest BCUT2D eigenvalue weighted by molar-refractivity contribution is 5.79. The van der Waals surface area contributed by atoms with E-state index in [0.29, 0.717) is 98.3 Å². The summed E-state index contributed by atoms with van der Waals surface area (Å²) in [5.41, 5.74) is 0. The first-order valence-corrected chi connectivity index (χ1v) is 41.6. The van der Waals surface area contributed by atoms with Gasteiger partial charge in [0.25, 0.3) is 0 Å². The highest BCUT2D eigenvalue weighted by atomic mass is 16.6. The Morgan fingerprint density at radius 2 is 0.822 bits per heavy atom. The maximum absolute atomic E-state index is 11.2. The number of ether oxygens (including phenoxy) is 10. The second-order valence-electron chi connectivity index (χ2n) is 27.5. The van der Waals surface area contributed by atoms with Crippen molar-refractivity contribution in [3.8, 4) is 0 Å². The standard InChI is InChI=1S/2C9H12O2.C8H10O2.C8H12O2.C7H8O3.2C7H10O2.C5H8O2.C4H6O2.9C2H6/c10-9-8-6-2-1-5(3-6)7(8)4-11-9;10-9-7-3-5-1-2-6(7)8(4-5)11-9;9-8-6-2-4-1-5(6)7(3-4)10-8;9-8-7-4-2-1-3-6(7)5-10-8;8-7-4-1-3-2-5(10-7)6(4)9-3;8-7-5-1-3-6(9-7)4-2-5;8-7-5-2-1-3-6(4-5)9-7;6-5-3-1-2-4-7-5;5-4-2-1-3-6-4;9*1-2/h2*5-8H,1-4H2;4-7H,1-3H2;6-7H,1-5H2;3-6H,1-2H2;2*5-6H,1-4H2;1-4H2;1-3H2;9*1-2H3. The van der Waals surface area contributed by atoms with Gasteiger partial charge in [0, 0.05) is 42.9 Å². The lowest BCUT2D eigenvalue weighted by Crippen LogP contribution is -2.37. The zero-order chi connectivity index (χ0) is 75.3. The fourth-order valence-electron chi connectivity index (χ4n) is 18.1. The van der Waals surface area contributed by atoms with Crippen LogP contribution < -0.4 is 0 Å². The van der Waals surface area contributed by atoms with Crippen molar-refractivity contribution in [2.24, 2.45) is 88.8 Å². The predicted molar refractivity (Wildman–Crippen MR) is 390 cm³/mol. The molecule has 14 bridgehead atoms. The molecule has 0 aromatic heterocycles. The summed E-state index contributed by atoms with van der Waals surface area (Å²) in [5.74, 6) is 7.72. The molecular formula is C82H142O19. The van der Waals surface area contributed by atoms with Gasteiger partial charge >= 0.3 is 53.7 Å². The molecule has 20 unspecified atom stereocenters. The predicted octanol–water partition coefficient (Wildman–Crippen LogP) is 17.4. The van der Waals surface area contributed by atoms with Crippen molar-refractivity contribution < 1.29 is 90.5 Å². The van der Waals surface area contributed by atoms with E-state index in [-0.39, 0.29) is 102 Å². The quantitative estimate of drug-likeness (QED) is 0.162. The lowest BCUT2D eigenvalue weighted by Gasteiger charge is -2.38. The van der Waals surface area contributed by atoms with Crippen LogP contribution in [0.2, 0.25) is 0 Å². The topological polar surface area (TPSA) is 246 Å². The highest BCUT2D eigenvalue weighted by Gasteiger charge is 2.59. The number of hydrogen-bond donors (Lipinski definition) is 0. The van der Waals surface area contributed by atoms with Crippen molar-refractivity contribution in [2.75, 3.05) is 26.4 Å². The summed E-state index contributed by atoms with van der Waals surface area (Å²) in [4.78, 5) is 97.4. The van der Waals surface area contributed by atoms with E-state index in [1.807, 2.05) is 125 Å². The molecule has 0 spiro atoms. The van der Waals surface area contributed by atoms with Crippen LogP contribution in [0, 0.1) is 88.8 Å². The van der Waals surface area contributed by atoms with Gasteiger partial charge in [-0.3, -0.25) is 43.2 Å². The lowest BCUT2D eigenvalue weighted by molar-refractivity contribution is -0.168. The molecule has 584 valence electrons. The second kappa shape index (κ2) is 49.1. The van der Waals surface area contributed by atoms with E-state index in [9.17, 15) is 43.2 Å². The summed E-state index contributed by atoms with van der Waals surface area (Å²) in [6.07, 6.45) is 33.7. The van der Waals surface area contributed by atoms with Crippen LogP contribution in [0.4, 0.5) is 0 Å². The molecule has 20 atom stereocenters. The third-order valence-electron chi connectivity index (χ3n) is 22.4. The van der Waals surface area contributed by atoms with Gasteiger partial charge in [-0.15, -0.1) is 0 Å². The van der Waals surface area contributed by atoms with Gasteiger partial charge < -0.3 is 47.4 Å². The van der Waals surface area contributed by atoms with Crippen molar-refractivity contribution >= 4 is 53.7 Å². The zero-order valence-corrected chi connectivity index (χ0v) is 66.3. The molecule has 12 heterocycles. The summed E-state index contributed by atoms with van der Waals surface area (Å²) in [6, 6.07) is 0. The van der Waals surface area contributed by atoms with Gasteiger partial charge in [-0.1, -0.05) is 137 Å². The minimum absolute atomic E-state index is 0.0324. The monoisotopic (exact) mass is 1430 g/mol. The SMILES string of the molecule is CC.CC.CC.CC.CC.CC.CC.CC.CC.O=C1CCCCO1.O=C1CCCO1.O=C1OC2CC3CC1C2C3.O=C1OC2CC3CC1C2O3.O=C1OC2CC3CCC2C1C3.O=C1OC2CCC1CC2.O=C1OC2CCCC1C2.O=C1OCC2C3CCC(C3)C12.O=C1OCC2CCCCC12. The molecule has 19 heteroatoms. The first-order chi connectivity index (χ1) is 49.3. The Labute approximate surface area is 610 Å². The van der Waals surface area contributed by atoms with Crippen molar-refractivity contribution in [1.82, 2.24) is 0 Å². The van der Waals surface area contributed by atoms with Crippen LogP contribution >= 0.6 is 0 Å². The number of esters is 9. The minimum atomic E-state index is -0.0463. The highest BCUT2D eigenvalue weighted by Crippen LogP contribution is 2.56. The normalized spacial score (nSPS) is 37.0. The maximum atomic E-state index is 11.2. The Balaban J connectivity index is 0.000000288. The van der Waals surface area contributed by atoms with Crippen LogP contribution in [0.5, 0.6) is 0 Å². The van der Waals surface area contributed by atoms with Crippen molar-refractivity contribution in [1.29, 1.82) is 0 Å². The number of cyclic esters (lactones) is 4. The molecule has 0 aromatic rings. The molecular weight excluding hydrogens is 1290 g/mol. The maximum Gasteiger partial charge on any atom is 0.312 e. The van der Waals surface area contributed by atoms with Crippen LogP contribution in [0.3, 0.4) is 0 Å². The van der Waals surface area contributed by atoms with Crippen LogP contribution in [-0.4, -0.2) is 123 Å². The number of carbonyl (C=O) groups is 9. The van der Waals surface area contributed by atoms with Crippen LogP contribution in [0.15, 0.2) is 0 Å². The van der Waals surface area contributed by atoms with Crippen LogP contribution in [0.25, 0.3) is 0 Å².